The maximum Gasteiger partial charge on any atom is 0.180 e. The summed E-state index contributed by atoms with van der Waals surface area (Å²) in [4.78, 5) is 15.8. The van der Waals surface area contributed by atoms with Crippen LogP contribution in [0.5, 0.6) is 0 Å². The molecule has 0 fully saturated rings. The van der Waals surface area contributed by atoms with Gasteiger partial charge in [-0.25, -0.2) is 0 Å². The minimum Gasteiger partial charge on any atom is -0.293 e. The van der Waals surface area contributed by atoms with E-state index >= 15 is 0 Å². The molecule has 0 unspecified atom stereocenters. The Hall–Kier alpha value is -1.19. The molecule has 1 aromatic carbocycles. The summed E-state index contributed by atoms with van der Waals surface area (Å²) in [5.74, 6) is -0.0273. The molecule has 0 N–H and O–H groups in total. The van der Waals surface area contributed by atoms with Crippen LogP contribution in [0.1, 0.15) is 20.7 Å². The van der Waals surface area contributed by atoms with Crippen molar-refractivity contribution in [1.82, 2.24) is 4.98 Å². The molecule has 0 aliphatic rings. The summed E-state index contributed by atoms with van der Waals surface area (Å²) in [6.07, 6.45) is 3.34. The molecule has 2 nitrogen and oxygen atoms in total. The number of benzene rings is 1. The van der Waals surface area contributed by atoms with Crippen LogP contribution < -0.4 is 0 Å². The molecule has 0 radical (unpaired) electrons. The van der Waals surface area contributed by atoms with E-state index in [1.807, 2.05) is 6.07 Å². The van der Waals surface area contributed by atoms with Crippen LogP contribution >= 0.6 is 27.5 Å². The first-order valence-electron chi connectivity index (χ1n) is 5.02. The van der Waals surface area contributed by atoms with Crippen LogP contribution in [0.3, 0.4) is 0 Å². The number of Topliss-reactive ketones (excluding diaryl/α,β-unsaturated/α-hetero) is 1. The van der Waals surface area contributed by atoms with Crippen molar-refractivity contribution in [2.45, 2.75) is 4.83 Å². The first-order valence-corrected chi connectivity index (χ1v) is 6.31. The normalized spacial score (nSPS) is 12.1. The Morgan fingerprint density at radius 3 is 2.76 bits per heavy atom. The topological polar surface area (TPSA) is 30.0 Å². The summed E-state index contributed by atoms with van der Waals surface area (Å²) in [5, 5.41) is 0.557. The van der Waals surface area contributed by atoms with Crippen LogP contribution in [0.15, 0.2) is 48.8 Å². The number of halogens is 2. The molecule has 0 amide bonds. The fraction of sp³-hybridized carbons (Fsp3) is 0.0769. The van der Waals surface area contributed by atoms with E-state index in [2.05, 4.69) is 20.9 Å². The number of alkyl halides is 1. The Morgan fingerprint density at radius 1 is 1.29 bits per heavy atom. The van der Waals surface area contributed by atoms with Gasteiger partial charge in [0.2, 0.25) is 0 Å². The van der Waals surface area contributed by atoms with Crippen molar-refractivity contribution < 1.29 is 4.79 Å². The standard InChI is InChI=1S/C13H9BrClNO/c14-12(10-4-2-6-16-8-10)13(17)9-3-1-5-11(15)7-9/h1-8,12H/t12-/m1/s1. The number of rotatable bonds is 3. The lowest BCUT2D eigenvalue weighted by atomic mass is 10.0. The van der Waals surface area contributed by atoms with E-state index in [0.717, 1.165) is 5.56 Å². The first-order chi connectivity index (χ1) is 8.18. The minimum atomic E-state index is -0.394. The molecular formula is C13H9BrClNO. The van der Waals surface area contributed by atoms with Gasteiger partial charge >= 0.3 is 0 Å². The van der Waals surface area contributed by atoms with Crippen molar-refractivity contribution in [3.63, 3.8) is 0 Å². The zero-order chi connectivity index (χ0) is 12.3. The number of nitrogens with zero attached hydrogens (tertiary/aromatic N) is 1. The molecule has 0 saturated carbocycles. The number of hydrogen-bond donors (Lipinski definition) is 0. The van der Waals surface area contributed by atoms with E-state index in [9.17, 15) is 4.79 Å². The lowest BCUT2D eigenvalue weighted by molar-refractivity contribution is 0.0991. The lowest BCUT2D eigenvalue weighted by Gasteiger charge is -2.08. The first kappa shape index (κ1) is 12.3. The number of carbonyl (C=O) groups is 1. The predicted molar refractivity (Wildman–Crippen MR) is 71.7 cm³/mol. The average Bonchev–Trinajstić information content (AvgIpc) is 2.38. The summed E-state index contributed by atoms with van der Waals surface area (Å²) in [5.41, 5.74) is 1.42. The highest BCUT2D eigenvalue weighted by atomic mass is 79.9. The van der Waals surface area contributed by atoms with Gasteiger partial charge in [-0.1, -0.05) is 45.7 Å². The molecular weight excluding hydrogens is 302 g/mol. The van der Waals surface area contributed by atoms with Gasteiger partial charge in [-0.3, -0.25) is 9.78 Å². The molecule has 86 valence electrons. The van der Waals surface area contributed by atoms with E-state index in [0.29, 0.717) is 10.6 Å². The minimum absolute atomic E-state index is 0.0273. The second-order valence-electron chi connectivity index (χ2n) is 3.52. The second kappa shape index (κ2) is 5.43. The second-order valence-corrected chi connectivity index (χ2v) is 4.88. The van der Waals surface area contributed by atoms with Crippen LogP contribution in [0.2, 0.25) is 5.02 Å². The highest BCUT2D eigenvalue weighted by Crippen LogP contribution is 2.27. The average molecular weight is 311 g/mol. The Kier molecular flexibility index (Phi) is 3.92. The number of ketones is 1. The Labute approximate surface area is 113 Å². The van der Waals surface area contributed by atoms with Crippen LogP contribution in [0.25, 0.3) is 0 Å². The highest BCUT2D eigenvalue weighted by molar-refractivity contribution is 9.09. The summed E-state index contributed by atoms with van der Waals surface area (Å²) >= 11 is 9.24. The van der Waals surface area contributed by atoms with Crippen molar-refractivity contribution in [3.05, 3.63) is 64.9 Å². The van der Waals surface area contributed by atoms with Crippen molar-refractivity contribution in [2.75, 3.05) is 0 Å². The van der Waals surface area contributed by atoms with Gasteiger partial charge in [-0.15, -0.1) is 0 Å². The van der Waals surface area contributed by atoms with Crippen LogP contribution in [-0.2, 0) is 0 Å². The van der Waals surface area contributed by atoms with Gasteiger partial charge in [-0.2, -0.15) is 0 Å². The maximum absolute atomic E-state index is 12.2. The van der Waals surface area contributed by atoms with Gasteiger partial charge in [0.1, 0.15) is 4.83 Å². The third-order valence-corrected chi connectivity index (χ3v) is 3.50. The molecule has 2 rings (SSSR count). The van der Waals surface area contributed by atoms with E-state index in [4.69, 9.17) is 11.6 Å². The van der Waals surface area contributed by atoms with E-state index in [1.165, 1.54) is 0 Å². The fourth-order valence-electron chi connectivity index (χ4n) is 1.47. The van der Waals surface area contributed by atoms with Crippen molar-refractivity contribution in [1.29, 1.82) is 0 Å². The van der Waals surface area contributed by atoms with Gasteiger partial charge in [0.25, 0.3) is 0 Å². The largest absolute Gasteiger partial charge is 0.293 e. The molecule has 1 heterocycles. The van der Waals surface area contributed by atoms with Crippen LogP contribution in [0, 0.1) is 0 Å². The van der Waals surface area contributed by atoms with E-state index in [1.54, 1.807) is 42.7 Å². The van der Waals surface area contributed by atoms with Gasteiger partial charge in [0.05, 0.1) is 0 Å². The summed E-state index contributed by atoms with van der Waals surface area (Å²) in [6, 6.07) is 10.6. The zero-order valence-electron chi connectivity index (χ0n) is 8.81. The van der Waals surface area contributed by atoms with Gasteiger partial charge in [0.15, 0.2) is 5.78 Å². The third kappa shape index (κ3) is 2.93. The molecule has 0 bridgehead atoms. The Morgan fingerprint density at radius 2 is 2.12 bits per heavy atom. The van der Waals surface area contributed by atoms with Crippen molar-refractivity contribution in [2.24, 2.45) is 0 Å². The summed E-state index contributed by atoms with van der Waals surface area (Å²) < 4.78 is 0. The van der Waals surface area contributed by atoms with Crippen molar-refractivity contribution >= 4 is 33.3 Å². The van der Waals surface area contributed by atoms with Gasteiger partial charge in [0, 0.05) is 23.0 Å². The molecule has 0 saturated heterocycles. The van der Waals surface area contributed by atoms with Gasteiger partial charge < -0.3 is 0 Å². The smallest absolute Gasteiger partial charge is 0.180 e. The molecule has 1 atom stereocenters. The summed E-state index contributed by atoms with van der Waals surface area (Å²) in [7, 11) is 0. The fourth-order valence-corrected chi connectivity index (χ4v) is 2.19. The van der Waals surface area contributed by atoms with Crippen LogP contribution in [0.4, 0.5) is 0 Å². The van der Waals surface area contributed by atoms with Crippen molar-refractivity contribution in [3.8, 4) is 0 Å². The predicted octanol–water partition coefficient (Wildman–Crippen LogP) is 4.05. The SMILES string of the molecule is O=C(c1cccc(Cl)c1)[C@H](Br)c1cccnc1. The monoisotopic (exact) mass is 309 g/mol. The quantitative estimate of drug-likeness (QED) is 0.632. The molecule has 4 heteroatoms. The Balaban J connectivity index is 2.27. The number of carbonyl (C=O) groups excluding carboxylic acids is 1. The Bertz CT molecular complexity index is 530. The molecule has 0 spiro atoms. The number of pyridine rings is 1. The lowest BCUT2D eigenvalue weighted by Crippen LogP contribution is -2.07. The molecule has 1 aromatic heterocycles. The van der Waals surface area contributed by atoms with Gasteiger partial charge in [-0.05, 0) is 23.8 Å². The summed E-state index contributed by atoms with van der Waals surface area (Å²) in [6.45, 7) is 0. The van der Waals surface area contributed by atoms with Crippen LogP contribution in [-0.4, -0.2) is 10.8 Å². The molecule has 0 aliphatic carbocycles. The molecule has 0 aliphatic heterocycles. The molecule has 17 heavy (non-hydrogen) atoms. The van der Waals surface area contributed by atoms with E-state index < -0.39 is 4.83 Å². The highest BCUT2D eigenvalue weighted by Gasteiger charge is 2.18. The zero-order valence-corrected chi connectivity index (χ0v) is 11.1. The number of aromatic nitrogens is 1. The molecule has 2 aromatic rings. The third-order valence-electron chi connectivity index (χ3n) is 2.32. The number of hydrogen-bond acceptors (Lipinski definition) is 2. The van der Waals surface area contributed by atoms with E-state index in [-0.39, 0.29) is 5.78 Å². The maximum atomic E-state index is 12.2.